The highest BCUT2D eigenvalue weighted by molar-refractivity contribution is 9.11. The van der Waals surface area contributed by atoms with Crippen molar-refractivity contribution in [2.45, 2.75) is 32.6 Å². The van der Waals surface area contributed by atoms with Crippen LogP contribution in [0.3, 0.4) is 0 Å². The number of hydrogen-bond acceptors (Lipinski definition) is 2. The van der Waals surface area contributed by atoms with Gasteiger partial charge >= 0.3 is 0 Å². The first kappa shape index (κ1) is 11.6. The third-order valence-electron chi connectivity index (χ3n) is 3.34. The van der Waals surface area contributed by atoms with Gasteiger partial charge in [-0.15, -0.1) is 11.3 Å². The maximum atomic E-state index is 3.54. The normalized spacial score (nSPS) is 18.8. The van der Waals surface area contributed by atoms with Crippen LogP contribution in [0.2, 0.25) is 0 Å². The molecule has 0 bridgehead atoms. The standard InChI is InChI=1S/C12H18BrNS/c1-2-14-9-12(6-3-7-12)8-10-4-5-11(13)15-10/h4-5,14H,2-3,6-9H2,1H3. The smallest absolute Gasteiger partial charge is 0.0701 e. The molecule has 0 amide bonds. The van der Waals surface area contributed by atoms with Crippen molar-refractivity contribution in [2.24, 2.45) is 5.41 Å². The molecule has 1 nitrogen and oxygen atoms in total. The van der Waals surface area contributed by atoms with Gasteiger partial charge in [-0.1, -0.05) is 13.3 Å². The lowest BCUT2D eigenvalue weighted by molar-refractivity contribution is 0.132. The summed E-state index contributed by atoms with van der Waals surface area (Å²) in [5, 5.41) is 3.51. The molecule has 1 aromatic heterocycles. The zero-order chi connectivity index (χ0) is 10.7. The van der Waals surface area contributed by atoms with Gasteiger partial charge in [0, 0.05) is 11.4 Å². The van der Waals surface area contributed by atoms with E-state index in [0.29, 0.717) is 5.41 Å². The van der Waals surface area contributed by atoms with E-state index in [-0.39, 0.29) is 0 Å². The molecule has 0 atom stereocenters. The topological polar surface area (TPSA) is 12.0 Å². The van der Waals surface area contributed by atoms with Gasteiger partial charge in [-0.3, -0.25) is 0 Å². The van der Waals surface area contributed by atoms with Crippen LogP contribution in [0.4, 0.5) is 0 Å². The third-order valence-corrected chi connectivity index (χ3v) is 4.97. The minimum atomic E-state index is 0.570. The van der Waals surface area contributed by atoms with Crippen LogP contribution in [0, 0.1) is 5.41 Å². The highest BCUT2D eigenvalue weighted by Gasteiger charge is 2.36. The Morgan fingerprint density at radius 3 is 2.73 bits per heavy atom. The Morgan fingerprint density at radius 2 is 2.27 bits per heavy atom. The van der Waals surface area contributed by atoms with E-state index in [0.717, 1.165) is 6.54 Å². The van der Waals surface area contributed by atoms with E-state index in [1.165, 1.54) is 40.9 Å². The van der Waals surface area contributed by atoms with E-state index in [2.05, 4.69) is 40.3 Å². The van der Waals surface area contributed by atoms with Crippen LogP contribution in [0.25, 0.3) is 0 Å². The fourth-order valence-electron chi connectivity index (χ4n) is 2.30. The second-order valence-electron chi connectivity index (χ2n) is 4.52. The van der Waals surface area contributed by atoms with Gasteiger partial charge in [-0.2, -0.15) is 0 Å². The average Bonchev–Trinajstić information content (AvgIpc) is 2.56. The lowest BCUT2D eigenvalue weighted by Crippen LogP contribution is -2.41. The van der Waals surface area contributed by atoms with Gasteiger partial charge < -0.3 is 5.32 Å². The molecule has 0 spiro atoms. The van der Waals surface area contributed by atoms with Crippen LogP contribution in [0.1, 0.15) is 31.1 Å². The fraction of sp³-hybridized carbons (Fsp3) is 0.667. The number of nitrogens with one attached hydrogen (secondary N) is 1. The molecule has 1 heterocycles. The van der Waals surface area contributed by atoms with Crippen LogP contribution in [0.5, 0.6) is 0 Å². The Morgan fingerprint density at radius 1 is 1.47 bits per heavy atom. The van der Waals surface area contributed by atoms with Crippen LogP contribution in [-0.2, 0) is 6.42 Å². The molecule has 15 heavy (non-hydrogen) atoms. The molecule has 1 aliphatic carbocycles. The van der Waals surface area contributed by atoms with Gasteiger partial charge in [-0.05, 0) is 59.3 Å². The van der Waals surface area contributed by atoms with Gasteiger partial charge in [0.1, 0.15) is 0 Å². The second kappa shape index (κ2) is 4.98. The predicted octanol–water partition coefficient (Wildman–Crippen LogP) is 3.83. The fourth-order valence-corrected chi connectivity index (χ4v) is 3.96. The van der Waals surface area contributed by atoms with Gasteiger partial charge in [-0.25, -0.2) is 0 Å². The average molecular weight is 288 g/mol. The van der Waals surface area contributed by atoms with Crippen LogP contribution < -0.4 is 5.32 Å². The Bertz CT molecular complexity index is 317. The van der Waals surface area contributed by atoms with Crippen molar-refractivity contribution in [3.8, 4) is 0 Å². The molecular weight excluding hydrogens is 270 g/mol. The Kier molecular flexibility index (Phi) is 3.86. The monoisotopic (exact) mass is 287 g/mol. The summed E-state index contributed by atoms with van der Waals surface area (Å²) in [6.07, 6.45) is 5.47. The lowest BCUT2D eigenvalue weighted by atomic mass is 9.66. The molecule has 2 rings (SSSR count). The summed E-state index contributed by atoms with van der Waals surface area (Å²) in [7, 11) is 0. The van der Waals surface area contributed by atoms with Gasteiger partial charge in [0.05, 0.1) is 3.79 Å². The van der Waals surface area contributed by atoms with E-state index in [4.69, 9.17) is 0 Å². The van der Waals surface area contributed by atoms with Crippen molar-refractivity contribution in [1.82, 2.24) is 5.32 Å². The van der Waals surface area contributed by atoms with E-state index in [1.54, 1.807) is 0 Å². The van der Waals surface area contributed by atoms with E-state index in [9.17, 15) is 0 Å². The van der Waals surface area contributed by atoms with Crippen molar-refractivity contribution >= 4 is 27.3 Å². The second-order valence-corrected chi connectivity index (χ2v) is 7.06. The highest BCUT2D eigenvalue weighted by atomic mass is 79.9. The summed E-state index contributed by atoms with van der Waals surface area (Å²) in [4.78, 5) is 1.53. The number of thiophene rings is 1. The molecule has 0 radical (unpaired) electrons. The third kappa shape index (κ3) is 2.83. The minimum Gasteiger partial charge on any atom is -0.316 e. The Hall–Kier alpha value is 0.140. The zero-order valence-electron chi connectivity index (χ0n) is 9.18. The van der Waals surface area contributed by atoms with E-state index in [1.807, 2.05) is 11.3 Å². The molecule has 0 aromatic carbocycles. The van der Waals surface area contributed by atoms with Crippen molar-refractivity contribution in [1.29, 1.82) is 0 Å². The molecule has 1 N–H and O–H groups in total. The van der Waals surface area contributed by atoms with Crippen molar-refractivity contribution < 1.29 is 0 Å². The van der Waals surface area contributed by atoms with Crippen molar-refractivity contribution in [3.05, 3.63) is 20.8 Å². The molecule has 84 valence electrons. The summed E-state index contributed by atoms with van der Waals surface area (Å²) < 4.78 is 1.26. The number of rotatable bonds is 5. The minimum absolute atomic E-state index is 0.570. The first-order chi connectivity index (χ1) is 7.24. The molecule has 0 saturated heterocycles. The highest BCUT2D eigenvalue weighted by Crippen LogP contribution is 2.44. The predicted molar refractivity (Wildman–Crippen MR) is 70.6 cm³/mol. The van der Waals surface area contributed by atoms with Crippen LogP contribution in [-0.4, -0.2) is 13.1 Å². The summed E-state index contributed by atoms with van der Waals surface area (Å²) in [6, 6.07) is 4.43. The summed E-state index contributed by atoms with van der Waals surface area (Å²) >= 11 is 5.42. The summed E-state index contributed by atoms with van der Waals surface area (Å²) in [5.74, 6) is 0. The summed E-state index contributed by atoms with van der Waals surface area (Å²) in [6.45, 7) is 4.48. The molecule has 0 aliphatic heterocycles. The molecular formula is C12H18BrNS. The number of hydrogen-bond donors (Lipinski definition) is 1. The largest absolute Gasteiger partial charge is 0.316 e. The van der Waals surface area contributed by atoms with Gasteiger partial charge in [0.25, 0.3) is 0 Å². The van der Waals surface area contributed by atoms with E-state index < -0.39 is 0 Å². The summed E-state index contributed by atoms with van der Waals surface area (Å²) in [5.41, 5.74) is 0.570. The molecule has 1 aliphatic rings. The van der Waals surface area contributed by atoms with Gasteiger partial charge in [0.2, 0.25) is 0 Å². The van der Waals surface area contributed by atoms with Gasteiger partial charge in [0.15, 0.2) is 0 Å². The molecule has 3 heteroatoms. The lowest BCUT2D eigenvalue weighted by Gasteiger charge is -2.42. The van der Waals surface area contributed by atoms with Crippen LogP contribution >= 0.6 is 27.3 Å². The van der Waals surface area contributed by atoms with E-state index >= 15 is 0 Å². The Balaban J connectivity index is 1.95. The first-order valence-electron chi connectivity index (χ1n) is 5.69. The SMILES string of the molecule is CCNCC1(Cc2ccc(Br)s2)CCC1. The molecule has 1 aromatic rings. The number of halogens is 1. The quantitative estimate of drug-likeness (QED) is 0.868. The maximum Gasteiger partial charge on any atom is 0.0701 e. The molecule has 0 unspecified atom stereocenters. The van der Waals surface area contributed by atoms with Crippen molar-refractivity contribution in [3.63, 3.8) is 0 Å². The van der Waals surface area contributed by atoms with Crippen molar-refractivity contribution in [2.75, 3.05) is 13.1 Å². The van der Waals surface area contributed by atoms with Crippen LogP contribution in [0.15, 0.2) is 15.9 Å². The Labute approximate surface area is 104 Å². The maximum absolute atomic E-state index is 3.54. The first-order valence-corrected chi connectivity index (χ1v) is 7.30. The molecule has 1 fully saturated rings. The zero-order valence-corrected chi connectivity index (χ0v) is 11.6. The molecule has 1 saturated carbocycles.